The van der Waals surface area contributed by atoms with Crippen LogP contribution in [-0.2, 0) is 6.54 Å². The zero-order valence-electron chi connectivity index (χ0n) is 19.7. The molecule has 0 aliphatic heterocycles. The molecule has 0 atom stereocenters. The SMILES string of the molecule is Cc1ccc(-c2cn(CC3(F)CCCCC3)c3cc(-c4c(C)noc4C)cnc23)cc1C(=O)O. The third-order valence-electron chi connectivity index (χ3n) is 7.02. The largest absolute Gasteiger partial charge is 0.478 e. The van der Waals surface area contributed by atoms with Crippen molar-refractivity contribution in [1.29, 1.82) is 0 Å². The number of nitrogens with zero attached hydrogens (tertiary/aromatic N) is 3. The number of hydrogen-bond acceptors (Lipinski definition) is 4. The van der Waals surface area contributed by atoms with E-state index in [0.717, 1.165) is 58.2 Å². The summed E-state index contributed by atoms with van der Waals surface area (Å²) in [6, 6.07) is 7.39. The summed E-state index contributed by atoms with van der Waals surface area (Å²) in [6.45, 7) is 5.77. The molecule has 1 N–H and O–H groups in total. The second-order valence-corrected chi connectivity index (χ2v) is 9.51. The monoisotopic (exact) mass is 461 g/mol. The van der Waals surface area contributed by atoms with E-state index in [4.69, 9.17) is 9.51 Å². The molecule has 0 bridgehead atoms. The summed E-state index contributed by atoms with van der Waals surface area (Å²) < 4.78 is 23.1. The zero-order chi connectivity index (χ0) is 24.0. The van der Waals surface area contributed by atoms with Crippen molar-refractivity contribution in [3.05, 3.63) is 59.2 Å². The number of halogens is 1. The Morgan fingerprint density at radius 1 is 1.15 bits per heavy atom. The lowest BCUT2D eigenvalue weighted by atomic mass is 9.86. The van der Waals surface area contributed by atoms with Gasteiger partial charge in [-0.3, -0.25) is 4.98 Å². The first kappa shape index (κ1) is 22.3. The Morgan fingerprint density at radius 3 is 2.59 bits per heavy atom. The third-order valence-corrected chi connectivity index (χ3v) is 7.02. The summed E-state index contributed by atoms with van der Waals surface area (Å²) in [5, 5.41) is 13.7. The Bertz CT molecular complexity index is 1380. The summed E-state index contributed by atoms with van der Waals surface area (Å²) in [5.41, 5.74) is 5.28. The molecule has 7 heteroatoms. The van der Waals surface area contributed by atoms with E-state index in [1.54, 1.807) is 25.3 Å². The lowest BCUT2D eigenvalue weighted by Gasteiger charge is -2.30. The fraction of sp³-hybridized carbons (Fsp3) is 0.370. The summed E-state index contributed by atoms with van der Waals surface area (Å²) in [6.07, 6.45) is 7.65. The number of fused-ring (bicyclic) bond motifs is 1. The van der Waals surface area contributed by atoms with Gasteiger partial charge in [0.1, 0.15) is 11.4 Å². The van der Waals surface area contributed by atoms with Crippen LogP contribution in [0.25, 0.3) is 33.3 Å². The number of carbonyl (C=O) groups is 1. The van der Waals surface area contributed by atoms with Crippen molar-refractivity contribution >= 4 is 17.0 Å². The van der Waals surface area contributed by atoms with Crippen molar-refractivity contribution < 1.29 is 18.8 Å². The number of aromatic carboxylic acids is 1. The molecular formula is C27H28FN3O3. The van der Waals surface area contributed by atoms with Crippen molar-refractivity contribution in [3.63, 3.8) is 0 Å². The number of alkyl halides is 1. The summed E-state index contributed by atoms with van der Waals surface area (Å²) in [7, 11) is 0. The number of rotatable bonds is 5. The molecule has 6 nitrogen and oxygen atoms in total. The number of aryl methyl sites for hydroxylation is 3. The van der Waals surface area contributed by atoms with Gasteiger partial charge in [0.2, 0.25) is 0 Å². The second kappa shape index (κ2) is 8.38. The van der Waals surface area contributed by atoms with Crippen LogP contribution in [0.1, 0.15) is 59.5 Å². The minimum atomic E-state index is -1.26. The van der Waals surface area contributed by atoms with Gasteiger partial charge in [-0.1, -0.05) is 36.6 Å². The zero-order valence-corrected chi connectivity index (χ0v) is 19.7. The fourth-order valence-electron chi connectivity index (χ4n) is 5.21. The minimum absolute atomic E-state index is 0.244. The highest BCUT2D eigenvalue weighted by atomic mass is 19.1. The lowest BCUT2D eigenvalue weighted by Crippen LogP contribution is -2.31. The van der Waals surface area contributed by atoms with Gasteiger partial charge >= 0.3 is 5.97 Å². The van der Waals surface area contributed by atoms with E-state index in [1.807, 2.05) is 36.7 Å². The van der Waals surface area contributed by atoms with Crippen LogP contribution in [0.4, 0.5) is 4.39 Å². The van der Waals surface area contributed by atoms with Gasteiger partial charge in [-0.2, -0.15) is 0 Å². The van der Waals surface area contributed by atoms with Gasteiger partial charge in [-0.15, -0.1) is 0 Å². The molecule has 0 unspecified atom stereocenters. The maximum absolute atomic E-state index is 15.8. The van der Waals surface area contributed by atoms with Gasteiger partial charge in [0, 0.05) is 29.1 Å². The molecular weight excluding hydrogens is 433 g/mol. The van der Waals surface area contributed by atoms with E-state index in [0.29, 0.717) is 24.2 Å². The number of hydrogen-bond donors (Lipinski definition) is 1. The number of carboxylic acid groups (broad SMARTS) is 1. The van der Waals surface area contributed by atoms with Crippen molar-refractivity contribution in [2.24, 2.45) is 0 Å². The van der Waals surface area contributed by atoms with E-state index < -0.39 is 11.6 Å². The molecule has 0 saturated heterocycles. The molecule has 0 radical (unpaired) electrons. The van der Waals surface area contributed by atoms with Crippen LogP contribution < -0.4 is 0 Å². The Morgan fingerprint density at radius 2 is 1.91 bits per heavy atom. The highest BCUT2D eigenvalue weighted by Crippen LogP contribution is 2.38. The third kappa shape index (κ3) is 3.89. The molecule has 4 aromatic rings. The van der Waals surface area contributed by atoms with Gasteiger partial charge in [0.15, 0.2) is 0 Å². The Labute approximate surface area is 197 Å². The van der Waals surface area contributed by atoms with Crippen molar-refractivity contribution in [2.45, 2.75) is 65.1 Å². The number of carboxylic acids is 1. The highest BCUT2D eigenvalue weighted by Gasteiger charge is 2.33. The summed E-state index contributed by atoms with van der Waals surface area (Å²) in [4.78, 5) is 16.5. The molecule has 1 aliphatic rings. The molecule has 0 spiro atoms. The van der Waals surface area contributed by atoms with Gasteiger partial charge in [-0.25, -0.2) is 9.18 Å². The van der Waals surface area contributed by atoms with Crippen LogP contribution in [0.15, 0.2) is 41.2 Å². The topological polar surface area (TPSA) is 81.2 Å². The molecule has 34 heavy (non-hydrogen) atoms. The van der Waals surface area contributed by atoms with Crippen molar-refractivity contribution in [3.8, 4) is 22.3 Å². The van der Waals surface area contributed by atoms with Crippen LogP contribution in [0.2, 0.25) is 0 Å². The molecule has 3 heterocycles. The Hall–Kier alpha value is -3.48. The van der Waals surface area contributed by atoms with Gasteiger partial charge in [0.05, 0.1) is 28.8 Å². The molecule has 3 aromatic heterocycles. The normalized spacial score (nSPS) is 15.6. The average molecular weight is 462 g/mol. The van der Waals surface area contributed by atoms with E-state index in [2.05, 4.69) is 5.16 Å². The molecule has 5 rings (SSSR count). The van der Waals surface area contributed by atoms with E-state index in [-0.39, 0.29) is 12.1 Å². The lowest BCUT2D eigenvalue weighted by molar-refractivity contribution is 0.0696. The molecule has 1 fully saturated rings. The summed E-state index contributed by atoms with van der Waals surface area (Å²) >= 11 is 0. The van der Waals surface area contributed by atoms with Gasteiger partial charge < -0.3 is 14.2 Å². The maximum Gasteiger partial charge on any atom is 0.335 e. The molecule has 0 amide bonds. The quantitative estimate of drug-likeness (QED) is 0.360. The number of pyridine rings is 1. The minimum Gasteiger partial charge on any atom is -0.478 e. The van der Waals surface area contributed by atoms with Crippen LogP contribution in [0.3, 0.4) is 0 Å². The van der Waals surface area contributed by atoms with E-state index in [9.17, 15) is 9.90 Å². The number of aromatic nitrogens is 3. The highest BCUT2D eigenvalue weighted by molar-refractivity contribution is 5.97. The predicted molar refractivity (Wildman–Crippen MR) is 129 cm³/mol. The van der Waals surface area contributed by atoms with Crippen molar-refractivity contribution in [2.75, 3.05) is 0 Å². The summed E-state index contributed by atoms with van der Waals surface area (Å²) in [5.74, 6) is -0.266. The first-order chi connectivity index (χ1) is 16.3. The fourth-order valence-corrected chi connectivity index (χ4v) is 5.21. The predicted octanol–water partition coefficient (Wildman–Crippen LogP) is 6.65. The van der Waals surface area contributed by atoms with Gasteiger partial charge in [0.25, 0.3) is 0 Å². The second-order valence-electron chi connectivity index (χ2n) is 9.51. The number of benzene rings is 1. The van der Waals surface area contributed by atoms with Crippen molar-refractivity contribution in [1.82, 2.24) is 14.7 Å². The standard InChI is InChI=1S/C27H28FN3O3/c1-16-7-8-19(11-21(16)26(32)33)22-14-31(15-27(28)9-5-4-6-10-27)23-12-20(13-29-25(22)23)24-17(2)30-34-18(24)3/h7-8,11-14H,4-6,9-10,15H2,1-3H3,(H,32,33). The Balaban J connectivity index is 1.69. The van der Waals surface area contributed by atoms with Crippen LogP contribution in [-0.4, -0.2) is 31.5 Å². The van der Waals surface area contributed by atoms with E-state index >= 15 is 4.39 Å². The van der Waals surface area contributed by atoms with E-state index in [1.165, 1.54) is 0 Å². The maximum atomic E-state index is 15.8. The van der Waals surface area contributed by atoms with Crippen LogP contribution >= 0.6 is 0 Å². The van der Waals surface area contributed by atoms with Crippen LogP contribution in [0.5, 0.6) is 0 Å². The molecule has 176 valence electrons. The first-order valence-electron chi connectivity index (χ1n) is 11.7. The van der Waals surface area contributed by atoms with Gasteiger partial charge in [-0.05, 0) is 56.9 Å². The average Bonchev–Trinajstić information content (AvgIpc) is 3.33. The molecule has 1 saturated carbocycles. The molecule has 1 aromatic carbocycles. The molecule has 1 aliphatic carbocycles. The van der Waals surface area contributed by atoms with Crippen LogP contribution in [0, 0.1) is 20.8 Å². The first-order valence-corrected chi connectivity index (χ1v) is 11.7. The Kier molecular flexibility index (Phi) is 5.50. The smallest absolute Gasteiger partial charge is 0.335 e.